The molecule has 1 aromatic rings. The monoisotopic (exact) mass is 331 g/mol. The molecule has 1 aliphatic carbocycles. The highest BCUT2D eigenvalue weighted by Gasteiger charge is 2.10. The molecule has 0 aromatic heterocycles. The fourth-order valence-corrected chi connectivity index (χ4v) is 3.16. The van der Waals surface area contributed by atoms with Gasteiger partial charge in [0.15, 0.2) is 11.5 Å². The maximum absolute atomic E-state index is 6.03. The Morgan fingerprint density at radius 3 is 2.83 bits per heavy atom. The molecule has 0 spiro atoms. The first-order chi connectivity index (χ1) is 11.8. The molecule has 0 bridgehead atoms. The molecule has 1 N–H and O–H groups in total. The SMILES string of the molecule is CCCCCOc1c(CNCCC2=CCCCC2)cccc1OC. The molecule has 0 heterocycles. The Bertz CT molecular complexity index is 511. The molecule has 3 heteroatoms. The number of para-hydroxylation sites is 1. The summed E-state index contributed by atoms with van der Waals surface area (Å²) >= 11 is 0. The largest absolute Gasteiger partial charge is 0.493 e. The second kappa shape index (κ2) is 11.1. The summed E-state index contributed by atoms with van der Waals surface area (Å²) in [5, 5.41) is 3.57. The fraction of sp³-hybridized carbons (Fsp3) is 0.619. The van der Waals surface area contributed by atoms with E-state index in [1.54, 1.807) is 12.7 Å². The first kappa shape index (κ1) is 18.9. The first-order valence-electron chi connectivity index (χ1n) is 9.52. The van der Waals surface area contributed by atoms with Gasteiger partial charge in [0.05, 0.1) is 13.7 Å². The zero-order valence-corrected chi connectivity index (χ0v) is 15.4. The van der Waals surface area contributed by atoms with E-state index >= 15 is 0 Å². The minimum absolute atomic E-state index is 0.758. The maximum Gasteiger partial charge on any atom is 0.165 e. The second-order valence-electron chi connectivity index (χ2n) is 6.54. The minimum atomic E-state index is 0.758. The van der Waals surface area contributed by atoms with Crippen LogP contribution in [0.5, 0.6) is 11.5 Å². The average molecular weight is 332 g/mol. The summed E-state index contributed by atoms with van der Waals surface area (Å²) in [4.78, 5) is 0. The molecule has 24 heavy (non-hydrogen) atoms. The Kier molecular flexibility index (Phi) is 8.75. The van der Waals surface area contributed by atoms with Crippen molar-refractivity contribution in [1.29, 1.82) is 0 Å². The number of methoxy groups -OCH3 is 1. The van der Waals surface area contributed by atoms with Gasteiger partial charge in [-0.25, -0.2) is 0 Å². The van der Waals surface area contributed by atoms with Crippen molar-refractivity contribution in [3.63, 3.8) is 0 Å². The van der Waals surface area contributed by atoms with Crippen LogP contribution in [0, 0.1) is 0 Å². The Hall–Kier alpha value is -1.48. The zero-order chi connectivity index (χ0) is 17.0. The Balaban J connectivity index is 1.84. The van der Waals surface area contributed by atoms with Crippen LogP contribution in [0.15, 0.2) is 29.8 Å². The number of ether oxygens (including phenoxy) is 2. The van der Waals surface area contributed by atoms with Crippen molar-refractivity contribution in [3.8, 4) is 11.5 Å². The number of benzene rings is 1. The van der Waals surface area contributed by atoms with Crippen LogP contribution in [-0.2, 0) is 6.54 Å². The van der Waals surface area contributed by atoms with E-state index in [0.29, 0.717) is 0 Å². The summed E-state index contributed by atoms with van der Waals surface area (Å²) in [7, 11) is 1.71. The molecule has 0 amide bonds. The molecule has 3 nitrogen and oxygen atoms in total. The second-order valence-corrected chi connectivity index (χ2v) is 6.54. The average Bonchev–Trinajstić information content (AvgIpc) is 2.63. The van der Waals surface area contributed by atoms with Crippen molar-refractivity contribution >= 4 is 0 Å². The van der Waals surface area contributed by atoms with Gasteiger partial charge in [-0.15, -0.1) is 0 Å². The van der Waals surface area contributed by atoms with Crippen molar-refractivity contribution in [2.45, 2.75) is 64.8 Å². The molecule has 0 atom stereocenters. The van der Waals surface area contributed by atoms with Gasteiger partial charge in [0, 0.05) is 12.1 Å². The molecule has 0 saturated heterocycles. The van der Waals surface area contributed by atoms with Crippen molar-refractivity contribution in [1.82, 2.24) is 5.32 Å². The molecule has 1 aliphatic rings. The van der Waals surface area contributed by atoms with Crippen molar-refractivity contribution in [2.24, 2.45) is 0 Å². The summed E-state index contributed by atoms with van der Waals surface area (Å²) in [6.45, 7) is 4.82. The van der Waals surface area contributed by atoms with Gasteiger partial charge >= 0.3 is 0 Å². The number of allylic oxidation sites excluding steroid dienone is 1. The van der Waals surface area contributed by atoms with Crippen molar-refractivity contribution in [3.05, 3.63) is 35.4 Å². The van der Waals surface area contributed by atoms with E-state index < -0.39 is 0 Å². The van der Waals surface area contributed by atoms with E-state index in [1.165, 1.54) is 44.1 Å². The summed E-state index contributed by atoms with van der Waals surface area (Å²) in [5.74, 6) is 1.74. The smallest absolute Gasteiger partial charge is 0.165 e. The van der Waals surface area contributed by atoms with Crippen LogP contribution in [0.1, 0.15) is 63.9 Å². The van der Waals surface area contributed by atoms with Crippen LogP contribution in [0.4, 0.5) is 0 Å². The molecular formula is C21H33NO2. The lowest BCUT2D eigenvalue weighted by molar-refractivity contribution is 0.282. The topological polar surface area (TPSA) is 30.5 Å². The number of hydrogen-bond acceptors (Lipinski definition) is 3. The molecule has 2 rings (SSSR count). The molecule has 0 saturated carbocycles. The van der Waals surface area contributed by atoms with Gasteiger partial charge in [0.25, 0.3) is 0 Å². The van der Waals surface area contributed by atoms with E-state index in [0.717, 1.165) is 44.0 Å². The summed E-state index contributed by atoms with van der Waals surface area (Å²) in [5.41, 5.74) is 2.80. The summed E-state index contributed by atoms with van der Waals surface area (Å²) in [6, 6.07) is 6.15. The molecule has 134 valence electrons. The zero-order valence-electron chi connectivity index (χ0n) is 15.4. The molecule has 0 unspecified atom stereocenters. The van der Waals surface area contributed by atoms with Crippen LogP contribution >= 0.6 is 0 Å². The van der Waals surface area contributed by atoms with Gasteiger partial charge in [0.1, 0.15) is 0 Å². The Labute approximate surface area is 147 Å². The number of nitrogens with one attached hydrogen (secondary N) is 1. The van der Waals surface area contributed by atoms with Crippen LogP contribution < -0.4 is 14.8 Å². The number of rotatable bonds is 11. The highest BCUT2D eigenvalue weighted by Crippen LogP contribution is 2.31. The highest BCUT2D eigenvalue weighted by molar-refractivity contribution is 5.46. The van der Waals surface area contributed by atoms with E-state index in [1.807, 2.05) is 12.1 Å². The van der Waals surface area contributed by atoms with E-state index in [-0.39, 0.29) is 0 Å². The Morgan fingerprint density at radius 1 is 1.17 bits per heavy atom. The Morgan fingerprint density at radius 2 is 2.08 bits per heavy atom. The predicted octanol–water partition coefficient (Wildman–Crippen LogP) is 5.24. The van der Waals surface area contributed by atoms with Gasteiger partial charge in [-0.2, -0.15) is 0 Å². The lowest BCUT2D eigenvalue weighted by atomic mass is 9.97. The normalized spacial score (nSPS) is 14.3. The summed E-state index contributed by atoms with van der Waals surface area (Å²) < 4.78 is 11.5. The van der Waals surface area contributed by atoms with Crippen LogP contribution in [0.3, 0.4) is 0 Å². The molecule has 0 radical (unpaired) electrons. The van der Waals surface area contributed by atoms with Gasteiger partial charge < -0.3 is 14.8 Å². The standard InChI is InChI=1S/C21H33NO2/c1-3-4-8-16-24-21-19(12-9-13-20(21)23-2)17-22-15-14-18-10-6-5-7-11-18/h9-10,12-13,22H,3-8,11,14-17H2,1-2H3. The maximum atomic E-state index is 6.03. The summed E-state index contributed by atoms with van der Waals surface area (Å²) in [6.07, 6.45) is 12.4. The molecule has 1 aromatic carbocycles. The molecule has 0 aliphatic heterocycles. The third kappa shape index (κ3) is 6.20. The van der Waals surface area contributed by atoms with Gasteiger partial charge in [-0.3, -0.25) is 0 Å². The van der Waals surface area contributed by atoms with Crippen molar-refractivity contribution < 1.29 is 9.47 Å². The van der Waals surface area contributed by atoms with Crippen LogP contribution in [-0.4, -0.2) is 20.3 Å². The highest BCUT2D eigenvalue weighted by atomic mass is 16.5. The third-order valence-corrected chi connectivity index (χ3v) is 4.60. The first-order valence-corrected chi connectivity index (χ1v) is 9.52. The predicted molar refractivity (Wildman–Crippen MR) is 101 cm³/mol. The lowest BCUT2D eigenvalue weighted by Crippen LogP contribution is -2.16. The van der Waals surface area contributed by atoms with Crippen LogP contribution in [0.25, 0.3) is 0 Å². The molecule has 0 fully saturated rings. The van der Waals surface area contributed by atoms with E-state index in [9.17, 15) is 0 Å². The number of unbranched alkanes of at least 4 members (excludes halogenated alkanes) is 2. The van der Waals surface area contributed by atoms with Gasteiger partial charge in [0.2, 0.25) is 0 Å². The molecular weight excluding hydrogens is 298 g/mol. The lowest BCUT2D eigenvalue weighted by Gasteiger charge is -2.16. The third-order valence-electron chi connectivity index (χ3n) is 4.60. The van der Waals surface area contributed by atoms with E-state index in [2.05, 4.69) is 24.4 Å². The van der Waals surface area contributed by atoms with Crippen molar-refractivity contribution in [2.75, 3.05) is 20.3 Å². The van der Waals surface area contributed by atoms with Crippen LogP contribution in [0.2, 0.25) is 0 Å². The quantitative estimate of drug-likeness (QED) is 0.444. The van der Waals surface area contributed by atoms with Gasteiger partial charge in [-0.1, -0.05) is 43.5 Å². The fourth-order valence-electron chi connectivity index (χ4n) is 3.16. The number of hydrogen-bond donors (Lipinski definition) is 1. The minimum Gasteiger partial charge on any atom is -0.493 e. The van der Waals surface area contributed by atoms with Gasteiger partial charge in [-0.05, 0) is 51.1 Å². The van der Waals surface area contributed by atoms with E-state index in [4.69, 9.17) is 9.47 Å².